The van der Waals surface area contributed by atoms with Crippen LogP contribution in [0.2, 0.25) is 0 Å². The number of thioether (sulfide) groups is 1. The summed E-state index contributed by atoms with van der Waals surface area (Å²) >= 11 is 1.73. The minimum atomic E-state index is -0.478. The molecule has 1 aliphatic rings. The molecule has 1 N–H and O–H groups in total. The van der Waals surface area contributed by atoms with Gasteiger partial charge in [0.25, 0.3) is 0 Å². The SMILES string of the molecule is CSC1C[C@H](CO)N(C(=O)OC(C)(C)C)C1. The van der Waals surface area contributed by atoms with Gasteiger partial charge in [0.1, 0.15) is 5.60 Å². The molecule has 0 bridgehead atoms. The molecule has 1 fully saturated rings. The lowest BCUT2D eigenvalue weighted by atomic mass is 10.2. The smallest absolute Gasteiger partial charge is 0.410 e. The van der Waals surface area contributed by atoms with E-state index >= 15 is 0 Å². The minimum Gasteiger partial charge on any atom is -0.444 e. The molecule has 1 unspecified atom stereocenters. The van der Waals surface area contributed by atoms with Crippen LogP contribution in [0.3, 0.4) is 0 Å². The summed E-state index contributed by atoms with van der Waals surface area (Å²) in [5.41, 5.74) is -0.478. The van der Waals surface area contributed by atoms with Gasteiger partial charge in [-0.15, -0.1) is 0 Å². The Balaban J connectivity index is 2.61. The molecule has 0 radical (unpaired) electrons. The summed E-state index contributed by atoms with van der Waals surface area (Å²) in [5.74, 6) is 0. The van der Waals surface area contributed by atoms with Gasteiger partial charge in [-0.1, -0.05) is 0 Å². The van der Waals surface area contributed by atoms with Crippen LogP contribution in [0.4, 0.5) is 4.79 Å². The highest BCUT2D eigenvalue weighted by Gasteiger charge is 2.36. The summed E-state index contributed by atoms with van der Waals surface area (Å²) < 4.78 is 5.31. The van der Waals surface area contributed by atoms with E-state index in [9.17, 15) is 9.90 Å². The van der Waals surface area contributed by atoms with E-state index in [1.54, 1.807) is 16.7 Å². The molecular weight excluding hydrogens is 226 g/mol. The Morgan fingerprint density at radius 3 is 2.62 bits per heavy atom. The van der Waals surface area contributed by atoms with Crippen molar-refractivity contribution in [3.8, 4) is 0 Å². The first-order valence-electron chi connectivity index (χ1n) is 5.50. The number of aliphatic hydroxyl groups is 1. The average Bonchev–Trinajstić information content (AvgIpc) is 2.58. The molecule has 1 rings (SSSR count). The summed E-state index contributed by atoms with van der Waals surface area (Å²) in [6.07, 6.45) is 2.55. The molecule has 0 aliphatic carbocycles. The number of hydrogen-bond donors (Lipinski definition) is 1. The molecular formula is C11H21NO3S. The van der Waals surface area contributed by atoms with E-state index in [1.807, 2.05) is 27.0 Å². The molecule has 0 saturated carbocycles. The molecule has 4 nitrogen and oxygen atoms in total. The Labute approximate surface area is 101 Å². The van der Waals surface area contributed by atoms with Crippen LogP contribution in [0.15, 0.2) is 0 Å². The van der Waals surface area contributed by atoms with Crippen LogP contribution in [0.1, 0.15) is 27.2 Å². The van der Waals surface area contributed by atoms with Gasteiger partial charge in [0.05, 0.1) is 12.6 Å². The summed E-state index contributed by atoms with van der Waals surface area (Å²) in [5, 5.41) is 9.65. The lowest BCUT2D eigenvalue weighted by Gasteiger charge is -2.27. The van der Waals surface area contributed by atoms with Crippen LogP contribution in [-0.4, -0.2) is 52.4 Å². The highest BCUT2D eigenvalue weighted by molar-refractivity contribution is 7.99. The van der Waals surface area contributed by atoms with Crippen LogP contribution in [-0.2, 0) is 4.74 Å². The number of ether oxygens (including phenoxy) is 1. The summed E-state index contributed by atoms with van der Waals surface area (Å²) in [6.45, 7) is 6.22. The van der Waals surface area contributed by atoms with Gasteiger partial charge in [0.15, 0.2) is 0 Å². The largest absolute Gasteiger partial charge is 0.444 e. The van der Waals surface area contributed by atoms with E-state index in [2.05, 4.69) is 0 Å². The van der Waals surface area contributed by atoms with E-state index in [0.717, 1.165) is 6.42 Å². The molecule has 5 heteroatoms. The maximum absolute atomic E-state index is 11.9. The highest BCUT2D eigenvalue weighted by Crippen LogP contribution is 2.27. The number of nitrogens with zero attached hydrogens (tertiary/aromatic N) is 1. The predicted molar refractivity (Wildman–Crippen MR) is 65.7 cm³/mol. The first-order chi connectivity index (χ1) is 7.37. The third kappa shape index (κ3) is 3.56. The molecule has 1 saturated heterocycles. The second kappa shape index (κ2) is 5.27. The van der Waals surface area contributed by atoms with Gasteiger partial charge in [-0.05, 0) is 33.4 Å². The van der Waals surface area contributed by atoms with E-state index in [-0.39, 0.29) is 18.7 Å². The van der Waals surface area contributed by atoms with Gasteiger partial charge in [0, 0.05) is 11.8 Å². The van der Waals surface area contributed by atoms with Crippen molar-refractivity contribution in [1.82, 2.24) is 4.90 Å². The van der Waals surface area contributed by atoms with Crippen molar-refractivity contribution >= 4 is 17.9 Å². The lowest BCUT2D eigenvalue weighted by Crippen LogP contribution is -2.41. The van der Waals surface area contributed by atoms with Crippen LogP contribution >= 0.6 is 11.8 Å². The van der Waals surface area contributed by atoms with E-state index in [1.165, 1.54) is 0 Å². The van der Waals surface area contributed by atoms with Crippen molar-refractivity contribution < 1.29 is 14.6 Å². The number of carbonyl (C=O) groups is 1. The summed E-state index contributed by atoms with van der Waals surface area (Å²) in [4.78, 5) is 13.5. The zero-order chi connectivity index (χ0) is 12.3. The van der Waals surface area contributed by atoms with Gasteiger partial charge in [-0.3, -0.25) is 0 Å². The molecule has 2 atom stereocenters. The standard InChI is InChI=1S/C11H21NO3S/c1-11(2,3)15-10(14)12-6-9(16-4)5-8(12)7-13/h8-9,13H,5-7H2,1-4H3/t8-,9?/m1/s1. The minimum absolute atomic E-state index is 0.0102. The monoisotopic (exact) mass is 247 g/mol. The molecule has 0 aromatic heterocycles. The van der Waals surface area contributed by atoms with Crippen LogP contribution < -0.4 is 0 Å². The van der Waals surface area contributed by atoms with Crippen molar-refractivity contribution in [3.05, 3.63) is 0 Å². The highest BCUT2D eigenvalue weighted by atomic mass is 32.2. The fourth-order valence-corrected chi connectivity index (χ4v) is 2.49. The summed E-state index contributed by atoms with van der Waals surface area (Å²) in [6, 6.07) is -0.0905. The first kappa shape index (κ1) is 13.6. The van der Waals surface area contributed by atoms with Crippen molar-refractivity contribution in [3.63, 3.8) is 0 Å². The fraction of sp³-hybridized carbons (Fsp3) is 0.909. The zero-order valence-electron chi connectivity index (χ0n) is 10.4. The topological polar surface area (TPSA) is 49.8 Å². The number of aliphatic hydroxyl groups excluding tert-OH is 1. The summed E-state index contributed by atoms with van der Waals surface area (Å²) in [7, 11) is 0. The number of hydrogen-bond acceptors (Lipinski definition) is 4. The number of rotatable bonds is 2. The van der Waals surface area contributed by atoms with Crippen molar-refractivity contribution in [2.75, 3.05) is 19.4 Å². The zero-order valence-corrected chi connectivity index (χ0v) is 11.2. The normalized spacial score (nSPS) is 25.9. The molecule has 0 aromatic carbocycles. The second-order valence-corrected chi connectivity index (χ2v) is 6.20. The van der Waals surface area contributed by atoms with Gasteiger partial charge in [-0.25, -0.2) is 4.79 Å². The molecule has 1 amide bonds. The first-order valence-corrected chi connectivity index (χ1v) is 6.79. The van der Waals surface area contributed by atoms with Gasteiger partial charge >= 0.3 is 6.09 Å². The molecule has 94 valence electrons. The van der Waals surface area contributed by atoms with Crippen LogP contribution in [0, 0.1) is 0 Å². The van der Waals surface area contributed by atoms with Crippen molar-refractivity contribution in [2.24, 2.45) is 0 Å². The molecule has 0 aromatic rings. The number of likely N-dealkylation sites (tertiary alicyclic amines) is 1. The Morgan fingerprint density at radius 1 is 1.56 bits per heavy atom. The predicted octanol–water partition coefficient (Wildman–Crippen LogP) is 1.72. The molecule has 0 spiro atoms. The van der Waals surface area contributed by atoms with Crippen LogP contribution in [0.5, 0.6) is 0 Å². The van der Waals surface area contributed by atoms with E-state index in [4.69, 9.17) is 4.74 Å². The maximum atomic E-state index is 11.9. The Kier molecular flexibility index (Phi) is 4.50. The molecule has 16 heavy (non-hydrogen) atoms. The van der Waals surface area contributed by atoms with Crippen LogP contribution in [0.25, 0.3) is 0 Å². The van der Waals surface area contributed by atoms with Gasteiger partial charge in [-0.2, -0.15) is 11.8 Å². The number of carbonyl (C=O) groups excluding carboxylic acids is 1. The molecule has 1 heterocycles. The number of amides is 1. The fourth-order valence-electron chi connectivity index (χ4n) is 1.76. The maximum Gasteiger partial charge on any atom is 0.410 e. The Morgan fingerprint density at radius 2 is 2.19 bits per heavy atom. The van der Waals surface area contributed by atoms with Crippen molar-refractivity contribution in [2.45, 2.75) is 44.1 Å². The van der Waals surface area contributed by atoms with Crippen molar-refractivity contribution in [1.29, 1.82) is 0 Å². The lowest BCUT2D eigenvalue weighted by molar-refractivity contribution is 0.0176. The molecule has 1 aliphatic heterocycles. The third-order valence-corrected chi connectivity index (χ3v) is 3.56. The Bertz CT molecular complexity index is 252. The average molecular weight is 247 g/mol. The second-order valence-electron chi connectivity index (χ2n) is 5.06. The van der Waals surface area contributed by atoms with E-state index < -0.39 is 5.60 Å². The third-order valence-electron chi connectivity index (χ3n) is 2.55. The quantitative estimate of drug-likeness (QED) is 0.807. The van der Waals surface area contributed by atoms with Gasteiger partial charge < -0.3 is 14.7 Å². The Hall–Kier alpha value is -0.420. The van der Waals surface area contributed by atoms with E-state index in [0.29, 0.717) is 11.8 Å². The van der Waals surface area contributed by atoms with Gasteiger partial charge in [0.2, 0.25) is 0 Å².